The zero-order chi connectivity index (χ0) is 31.2. The Labute approximate surface area is 242 Å². The first-order chi connectivity index (χ1) is 21.0. The van der Waals surface area contributed by atoms with Gasteiger partial charge in [0.05, 0.1) is 19.9 Å². The zero-order valence-electron chi connectivity index (χ0n) is 22.4. The molecule has 3 aromatic heterocycles. The molecule has 4 N–H and O–H groups in total. The van der Waals surface area contributed by atoms with E-state index in [-0.39, 0.29) is 51.2 Å². The number of rotatable bonds is 8. The van der Waals surface area contributed by atoms with Crippen molar-refractivity contribution >= 4 is 11.7 Å². The van der Waals surface area contributed by atoms with Crippen molar-refractivity contribution in [2.45, 2.75) is 25.1 Å². The molecule has 0 amide bonds. The molecule has 1 unspecified atom stereocenters. The van der Waals surface area contributed by atoms with Gasteiger partial charge in [0.1, 0.15) is 17.4 Å². The van der Waals surface area contributed by atoms with Crippen LogP contribution >= 0.6 is 0 Å². The van der Waals surface area contributed by atoms with Gasteiger partial charge in [-0.2, -0.15) is 27.9 Å². The summed E-state index contributed by atoms with van der Waals surface area (Å²) in [6.07, 6.45) is -2.91. The first-order valence-corrected chi connectivity index (χ1v) is 12.8. The summed E-state index contributed by atoms with van der Waals surface area (Å²) < 4.78 is 71.0. The number of carboxylic acid groups (broad SMARTS) is 1. The number of aromatic carboxylic acids is 1. The highest BCUT2D eigenvalue weighted by Gasteiger charge is 2.38. The van der Waals surface area contributed by atoms with Gasteiger partial charge in [0.25, 0.3) is 0 Å². The summed E-state index contributed by atoms with van der Waals surface area (Å²) in [7, 11) is 1.39. The van der Waals surface area contributed by atoms with E-state index in [1.165, 1.54) is 37.4 Å². The second-order valence-electron chi connectivity index (χ2n) is 9.48. The molecule has 0 aliphatic carbocycles. The third kappa shape index (κ3) is 5.09. The van der Waals surface area contributed by atoms with Crippen LogP contribution in [0.4, 0.5) is 23.2 Å². The maximum Gasteiger partial charge on any atom is 0.471 e. The Bertz CT molecular complexity index is 1910. The van der Waals surface area contributed by atoms with Gasteiger partial charge in [0, 0.05) is 22.4 Å². The first-order valence-electron chi connectivity index (χ1n) is 12.8. The first kappa shape index (κ1) is 28.4. The van der Waals surface area contributed by atoms with Crippen LogP contribution in [0.2, 0.25) is 0 Å². The number of hydrogen-bond donors (Lipinski definition) is 4. The van der Waals surface area contributed by atoms with Crippen LogP contribution in [0, 0.1) is 5.82 Å². The number of aromatic amines is 2. The molecule has 4 heterocycles. The monoisotopic (exact) mass is 616 g/mol. The predicted molar refractivity (Wildman–Crippen MR) is 140 cm³/mol. The van der Waals surface area contributed by atoms with Crippen molar-refractivity contribution in [2.24, 2.45) is 0 Å². The normalized spacial score (nSPS) is 13.7. The summed E-state index contributed by atoms with van der Waals surface area (Å²) in [5.74, 6) is -3.68. The molecule has 0 bridgehead atoms. The lowest BCUT2D eigenvalue weighted by molar-refractivity contribution is -0.159. The van der Waals surface area contributed by atoms with E-state index >= 15 is 4.39 Å². The number of ether oxygens (including phenoxy) is 2. The van der Waals surface area contributed by atoms with E-state index in [9.17, 15) is 27.9 Å². The minimum absolute atomic E-state index is 0.00660. The number of halogens is 4. The van der Waals surface area contributed by atoms with Crippen molar-refractivity contribution in [2.75, 3.05) is 19.0 Å². The second-order valence-corrected chi connectivity index (χ2v) is 9.48. The van der Waals surface area contributed by atoms with Crippen LogP contribution in [0.3, 0.4) is 0 Å². The van der Waals surface area contributed by atoms with Gasteiger partial charge in [-0.15, -0.1) is 5.10 Å². The van der Waals surface area contributed by atoms with Crippen LogP contribution in [0.5, 0.6) is 11.5 Å². The van der Waals surface area contributed by atoms with Gasteiger partial charge in [0.2, 0.25) is 5.82 Å². The average Bonchev–Trinajstić information content (AvgIpc) is 3.77. The summed E-state index contributed by atoms with van der Waals surface area (Å²) >= 11 is 0. The quantitative estimate of drug-likeness (QED) is 0.186. The molecule has 0 radical (unpaired) electrons. The Balaban J connectivity index is 1.43. The van der Waals surface area contributed by atoms with E-state index in [0.29, 0.717) is 25.1 Å². The highest BCUT2D eigenvalue weighted by Crippen LogP contribution is 2.41. The lowest BCUT2D eigenvalue weighted by Crippen LogP contribution is -2.19. The topological polar surface area (TPSA) is 186 Å². The van der Waals surface area contributed by atoms with Gasteiger partial charge in [-0.3, -0.25) is 10.1 Å². The van der Waals surface area contributed by atoms with Gasteiger partial charge in [-0.25, -0.2) is 14.0 Å². The van der Waals surface area contributed by atoms with Gasteiger partial charge in [0.15, 0.2) is 23.1 Å². The smallest absolute Gasteiger partial charge is 0.471 e. The molecule has 1 aliphatic rings. The summed E-state index contributed by atoms with van der Waals surface area (Å²) in [5.41, 5.74) is -0.391. The number of carbonyl (C=O) groups is 1. The Morgan fingerprint density at radius 2 is 2.02 bits per heavy atom. The number of carboxylic acids is 1. The van der Waals surface area contributed by atoms with E-state index in [4.69, 9.17) is 9.47 Å². The number of hydrogen-bond acceptors (Lipinski definition) is 10. The fraction of sp³-hybridized carbons (Fsp3) is 0.231. The fourth-order valence-electron chi connectivity index (χ4n) is 4.71. The highest BCUT2D eigenvalue weighted by molar-refractivity contribution is 5.90. The lowest BCUT2D eigenvalue weighted by atomic mass is 9.96. The maximum absolute atomic E-state index is 16.1. The summed E-state index contributed by atoms with van der Waals surface area (Å²) in [4.78, 5) is 30.5. The van der Waals surface area contributed by atoms with E-state index in [2.05, 4.69) is 40.3 Å². The molecule has 0 saturated heterocycles. The third-order valence-electron chi connectivity index (χ3n) is 6.74. The number of H-pyrrole nitrogens is 2. The number of anilines is 1. The van der Waals surface area contributed by atoms with Crippen LogP contribution in [0.15, 0.2) is 45.8 Å². The lowest BCUT2D eigenvalue weighted by Gasteiger charge is -2.25. The summed E-state index contributed by atoms with van der Waals surface area (Å²) in [6, 6.07) is 5.94. The van der Waals surface area contributed by atoms with Crippen molar-refractivity contribution in [3.63, 3.8) is 0 Å². The molecular weight excluding hydrogens is 596 g/mol. The number of aromatic nitrogens is 7. The molecule has 2 aromatic carbocycles. The molecule has 1 atom stereocenters. The molecule has 0 spiro atoms. The number of nitrogens with one attached hydrogen (secondary N) is 3. The molecule has 228 valence electrons. The Morgan fingerprint density at radius 1 is 1.25 bits per heavy atom. The Hall–Kier alpha value is -5.68. The van der Waals surface area contributed by atoms with Crippen molar-refractivity contribution in [3.8, 4) is 28.7 Å². The van der Waals surface area contributed by atoms with Crippen LogP contribution in [0.1, 0.15) is 45.7 Å². The van der Waals surface area contributed by atoms with Crippen LogP contribution < -0.4 is 20.5 Å². The van der Waals surface area contributed by atoms with E-state index in [0.717, 1.165) is 10.9 Å². The molecule has 18 heteroatoms. The van der Waals surface area contributed by atoms with Gasteiger partial charge in [-0.05, 0) is 43.2 Å². The van der Waals surface area contributed by atoms with E-state index in [1.54, 1.807) is 0 Å². The molecule has 0 saturated carbocycles. The van der Waals surface area contributed by atoms with Crippen LogP contribution in [-0.2, 0) is 12.6 Å². The largest absolute Gasteiger partial charge is 0.493 e. The molecule has 14 nitrogen and oxygen atoms in total. The predicted octanol–water partition coefficient (Wildman–Crippen LogP) is 3.72. The molecule has 0 fully saturated rings. The number of fused-ring (bicyclic) bond motifs is 1. The number of alkyl halides is 3. The van der Waals surface area contributed by atoms with Crippen LogP contribution in [0.25, 0.3) is 17.2 Å². The minimum Gasteiger partial charge on any atom is -0.493 e. The molecule has 5 aromatic rings. The molecule has 44 heavy (non-hydrogen) atoms. The van der Waals surface area contributed by atoms with Gasteiger partial charge in [-0.1, -0.05) is 5.16 Å². The summed E-state index contributed by atoms with van der Waals surface area (Å²) in [5, 5.41) is 26.2. The van der Waals surface area contributed by atoms with E-state index < -0.39 is 35.6 Å². The molecular formula is C26H20F4N8O6. The van der Waals surface area contributed by atoms with Gasteiger partial charge >= 0.3 is 23.7 Å². The molecule has 6 rings (SSSR count). The molecule has 1 aliphatic heterocycles. The van der Waals surface area contributed by atoms with Gasteiger partial charge < -0.3 is 24.4 Å². The minimum atomic E-state index is -4.81. The SMILES string of the molecule is COc1cc(C(Nc2ccc(-c3noc(C(F)(F)F)n3)cc2)c2nn(-c3[nH]ncc3C(=O)O)c(=O)[nH]2)c(F)c2c1OCCC2. The fourth-order valence-corrected chi connectivity index (χ4v) is 4.71. The van der Waals surface area contributed by atoms with Crippen molar-refractivity contribution in [1.29, 1.82) is 0 Å². The van der Waals surface area contributed by atoms with E-state index in [1.807, 2.05) is 0 Å². The Morgan fingerprint density at radius 3 is 2.70 bits per heavy atom. The van der Waals surface area contributed by atoms with Crippen molar-refractivity contribution in [1.82, 2.24) is 35.1 Å². The number of nitrogens with zero attached hydrogens (tertiary/aromatic N) is 5. The number of benzene rings is 2. The average molecular weight is 616 g/mol. The number of methoxy groups -OCH3 is 1. The van der Waals surface area contributed by atoms with Crippen molar-refractivity contribution < 1.29 is 41.5 Å². The highest BCUT2D eigenvalue weighted by atomic mass is 19.4. The summed E-state index contributed by atoms with van der Waals surface area (Å²) in [6.45, 7) is 0.370. The van der Waals surface area contributed by atoms with Crippen LogP contribution in [-0.4, -0.2) is 59.9 Å². The standard InChI is InChI=1S/C26H20F4N8O6/c1-42-16-9-14(17(27)13-3-2-8-43-19(13)16)18(21-34-25(41)38(36-21)22-15(23(39)40)10-31-35-22)32-12-6-4-11(5-7-12)20-33-24(44-37-20)26(28,29)30/h4-7,9-10,18,32H,2-3,8H2,1H3,(H,31,35)(H,39,40)(H,34,36,41). The zero-order valence-corrected chi connectivity index (χ0v) is 22.4. The third-order valence-corrected chi connectivity index (χ3v) is 6.74. The Kier molecular flexibility index (Phi) is 7.02. The maximum atomic E-state index is 16.1. The van der Waals surface area contributed by atoms with Crippen molar-refractivity contribution in [3.05, 3.63) is 81.2 Å². The second kappa shape index (κ2) is 10.9.